The van der Waals surface area contributed by atoms with Gasteiger partial charge in [0.2, 0.25) is 0 Å². The maximum absolute atomic E-state index is 12.1. The minimum absolute atomic E-state index is 0.197. The first kappa shape index (κ1) is 17.5. The number of carbonyl (C=O) groups excluding carboxylic acids is 1. The first-order valence-electron chi connectivity index (χ1n) is 8.45. The molecule has 2 aromatic heterocycles. The van der Waals surface area contributed by atoms with Gasteiger partial charge < -0.3 is 10.6 Å². The van der Waals surface area contributed by atoms with Gasteiger partial charge in [0.25, 0.3) is 0 Å². The number of nitrogens with zero attached hydrogens (tertiary/aromatic N) is 3. The molecule has 0 radical (unpaired) electrons. The molecule has 132 valence electrons. The summed E-state index contributed by atoms with van der Waals surface area (Å²) in [6.45, 7) is 4.32. The fourth-order valence-corrected chi connectivity index (χ4v) is 2.65. The minimum atomic E-state index is -0.223. The summed E-state index contributed by atoms with van der Waals surface area (Å²) in [6, 6.07) is 13.1. The molecule has 0 aliphatic heterocycles. The van der Waals surface area contributed by atoms with Gasteiger partial charge in [-0.3, -0.25) is 4.98 Å². The Morgan fingerprint density at radius 2 is 1.85 bits per heavy atom. The normalized spacial score (nSPS) is 11.6. The van der Waals surface area contributed by atoms with Crippen LogP contribution < -0.4 is 10.6 Å². The summed E-state index contributed by atoms with van der Waals surface area (Å²) >= 11 is 0. The van der Waals surface area contributed by atoms with Crippen LogP contribution in [-0.2, 0) is 6.54 Å². The highest BCUT2D eigenvalue weighted by atomic mass is 16.2. The van der Waals surface area contributed by atoms with Gasteiger partial charge in [-0.15, -0.1) is 0 Å². The third-order valence-electron chi connectivity index (χ3n) is 4.07. The molecule has 0 saturated carbocycles. The fraction of sp³-hybridized carbons (Fsp3) is 0.200. The first-order chi connectivity index (χ1) is 12.6. The van der Waals surface area contributed by atoms with Crippen LogP contribution in [0.4, 0.5) is 4.79 Å². The lowest BCUT2D eigenvalue weighted by atomic mass is 10.1. The number of rotatable bonds is 5. The van der Waals surface area contributed by atoms with Crippen molar-refractivity contribution in [3.63, 3.8) is 0 Å². The SMILES string of the molecule is Cc1nc(-c2ccncc2)ncc1[C@@H](C)NC(=O)NCc1ccccc1. The van der Waals surface area contributed by atoms with Crippen molar-refractivity contribution in [2.45, 2.75) is 26.4 Å². The molecule has 2 amide bonds. The maximum Gasteiger partial charge on any atom is 0.315 e. The predicted molar refractivity (Wildman–Crippen MR) is 100 cm³/mol. The van der Waals surface area contributed by atoms with E-state index in [0.717, 1.165) is 22.4 Å². The topological polar surface area (TPSA) is 79.8 Å². The lowest BCUT2D eigenvalue weighted by Gasteiger charge is -2.17. The molecule has 0 saturated heterocycles. The standard InChI is InChI=1S/C20H21N5O/c1-14-18(13-22-19(24-14)17-8-10-21-11-9-17)15(2)25-20(26)23-12-16-6-4-3-5-7-16/h3-11,13,15H,12H2,1-2H3,(H2,23,25,26)/t15-/m1/s1. The number of hydrogen-bond donors (Lipinski definition) is 2. The molecule has 0 aliphatic carbocycles. The number of urea groups is 1. The van der Waals surface area contributed by atoms with Crippen LogP contribution in [0.5, 0.6) is 0 Å². The Balaban J connectivity index is 1.62. The smallest absolute Gasteiger partial charge is 0.315 e. The van der Waals surface area contributed by atoms with Gasteiger partial charge in [-0.25, -0.2) is 14.8 Å². The van der Waals surface area contributed by atoms with Crippen molar-refractivity contribution in [2.75, 3.05) is 0 Å². The van der Waals surface area contributed by atoms with E-state index in [1.54, 1.807) is 18.6 Å². The van der Waals surface area contributed by atoms with Gasteiger partial charge in [0, 0.05) is 42.0 Å². The van der Waals surface area contributed by atoms with Gasteiger partial charge in [-0.1, -0.05) is 30.3 Å². The van der Waals surface area contributed by atoms with E-state index < -0.39 is 0 Å². The van der Waals surface area contributed by atoms with Crippen LogP contribution in [-0.4, -0.2) is 21.0 Å². The molecule has 0 unspecified atom stereocenters. The van der Waals surface area contributed by atoms with Crippen molar-refractivity contribution < 1.29 is 4.79 Å². The molecule has 0 bridgehead atoms. The van der Waals surface area contributed by atoms with Crippen LogP contribution in [0, 0.1) is 6.92 Å². The lowest BCUT2D eigenvalue weighted by molar-refractivity contribution is 0.237. The van der Waals surface area contributed by atoms with Crippen molar-refractivity contribution in [2.24, 2.45) is 0 Å². The molecule has 3 rings (SSSR count). The lowest BCUT2D eigenvalue weighted by Crippen LogP contribution is -2.37. The second-order valence-electron chi connectivity index (χ2n) is 6.00. The minimum Gasteiger partial charge on any atom is -0.334 e. The highest BCUT2D eigenvalue weighted by Gasteiger charge is 2.14. The third-order valence-corrected chi connectivity index (χ3v) is 4.07. The Bertz CT molecular complexity index is 868. The number of hydrogen-bond acceptors (Lipinski definition) is 4. The van der Waals surface area contributed by atoms with Crippen molar-refractivity contribution in [1.29, 1.82) is 0 Å². The summed E-state index contributed by atoms with van der Waals surface area (Å²) < 4.78 is 0. The molecular formula is C20H21N5O. The second kappa shape index (κ2) is 8.20. The van der Waals surface area contributed by atoms with Gasteiger partial charge in [0.15, 0.2) is 5.82 Å². The average Bonchev–Trinajstić information content (AvgIpc) is 2.67. The zero-order valence-corrected chi connectivity index (χ0v) is 14.8. The van der Waals surface area contributed by atoms with Crippen molar-refractivity contribution in [3.8, 4) is 11.4 Å². The van der Waals surface area contributed by atoms with E-state index >= 15 is 0 Å². The predicted octanol–water partition coefficient (Wildman–Crippen LogP) is 3.41. The number of aromatic nitrogens is 3. The molecule has 0 fully saturated rings. The monoisotopic (exact) mass is 347 g/mol. The van der Waals surface area contributed by atoms with Gasteiger partial charge in [0.1, 0.15) is 0 Å². The molecule has 6 heteroatoms. The highest BCUT2D eigenvalue weighted by Crippen LogP contribution is 2.19. The summed E-state index contributed by atoms with van der Waals surface area (Å²) in [6.07, 6.45) is 5.19. The van der Waals surface area contributed by atoms with Gasteiger partial charge in [-0.2, -0.15) is 0 Å². The maximum atomic E-state index is 12.1. The Labute approximate surface area is 152 Å². The molecule has 0 aliphatic rings. The molecule has 2 N–H and O–H groups in total. The first-order valence-corrected chi connectivity index (χ1v) is 8.45. The number of nitrogens with one attached hydrogen (secondary N) is 2. The molecular weight excluding hydrogens is 326 g/mol. The molecule has 1 atom stereocenters. The van der Waals surface area contributed by atoms with E-state index in [1.807, 2.05) is 56.3 Å². The van der Waals surface area contributed by atoms with Gasteiger partial charge >= 0.3 is 6.03 Å². The zero-order valence-electron chi connectivity index (χ0n) is 14.8. The van der Waals surface area contributed by atoms with E-state index in [-0.39, 0.29) is 12.1 Å². The number of aryl methyl sites for hydroxylation is 1. The summed E-state index contributed by atoms with van der Waals surface area (Å²) in [5, 5.41) is 5.78. The van der Waals surface area contributed by atoms with Crippen LogP contribution in [0.3, 0.4) is 0 Å². The molecule has 6 nitrogen and oxygen atoms in total. The van der Waals surface area contributed by atoms with Crippen LogP contribution >= 0.6 is 0 Å². The Morgan fingerprint density at radius 3 is 2.54 bits per heavy atom. The summed E-state index contributed by atoms with van der Waals surface area (Å²) in [5.41, 5.74) is 3.69. The van der Waals surface area contributed by atoms with Crippen molar-refractivity contribution >= 4 is 6.03 Å². The Morgan fingerprint density at radius 1 is 1.12 bits per heavy atom. The van der Waals surface area contributed by atoms with Crippen molar-refractivity contribution in [1.82, 2.24) is 25.6 Å². The van der Waals surface area contributed by atoms with E-state index in [1.165, 1.54) is 0 Å². The van der Waals surface area contributed by atoms with E-state index in [2.05, 4.69) is 25.6 Å². The zero-order chi connectivity index (χ0) is 18.4. The van der Waals surface area contributed by atoms with E-state index in [4.69, 9.17) is 0 Å². The Hall–Kier alpha value is -3.28. The second-order valence-corrected chi connectivity index (χ2v) is 6.00. The fourth-order valence-electron chi connectivity index (χ4n) is 2.65. The summed E-state index contributed by atoms with van der Waals surface area (Å²) in [4.78, 5) is 25.1. The highest BCUT2D eigenvalue weighted by molar-refractivity contribution is 5.74. The molecule has 1 aromatic carbocycles. The number of carbonyl (C=O) groups is 1. The number of amides is 2. The van der Waals surface area contributed by atoms with Crippen molar-refractivity contribution in [3.05, 3.63) is 77.9 Å². The van der Waals surface area contributed by atoms with Gasteiger partial charge in [0.05, 0.1) is 6.04 Å². The van der Waals surface area contributed by atoms with E-state index in [9.17, 15) is 4.79 Å². The molecule has 2 heterocycles. The van der Waals surface area contributed by atoms with E-state index in [0.29, 0.717) is 12.4 Å². The molecule has 0 spiro atoms. The summed E-state index contributed by atoms with van der Waals surface area (Å²) in [5.74, 6) is 0.648. The van der Waals surface area contributed by atoms with Crippen LogP contribution in [0.1, 0.15) is 29.8 Å². The number of benzene rings is 1. The van der Waals surface area contributed by atoms with Gasteiger partial charge in [-0.05, 0) is 31.5 Å². The van der Waals surface area contributed by atoms with Crippen LogP contribution in [0.2, 0.25) is 0 Å². The largest absolute Gasteiger partial charge is 0.334 e. The van der Waals surface area contributed by atoms with Crippen LogP contribution in [0.15, 0.2) is 61.1 Å². The Kier molecular flexibility index (Phi) is 5.53. The molecule has 26 heavy (non-hydrogen) atoms. The average molecular weight is 347 g/mol. The number of pyridine rings is 1. The summed E-state index contributed by atoms with van der Waals surface area (Å²) in [7, 11) is 0. The third kappa shape index (κ3) is 4.42. The molecule has 3 aromatic rings. The quantitative estimate of drug-likeness (QED) is 0.741. The van der Waals surface area contributed by atoms with Crippen LogP contribution in [0.25, 0.3) is 11.4 Å².